The second-order valence-corrected chi connectivity index (χ2v) is 8.06. The Kier molecular flexibility index (Phi) is 7.18. The molecule has 0 aliphatic heterocycles. The maximum atomic E-state index is 12.5. The second-order valence-electron chi connectivity index (χ2n) is 7.62. The highest BCUT2D eigenvalue weighted by Crippen LogP contribution is 2.17. The molecule has 0 saturated carbocycles. The summed E-state index contributed by atoms with van der Waals surface area (Å²) in [5.41, 5.74) is 3.11. The number of carbonyl (C=O) groups excluding carboxylic acids is 2. The highest BCUT2D eigenvalue weighted by Gasteiger charge is 2.10. The molecule has 35 heavy (non-hydrogen) atoms. The highest BCUT2D eigenvalue weighted by atomic mass is 35.5. The summed E-state index contributed by atoms with van der Waals surface area (Å²) in [6.07, 6.45) is 6.91. The number of imidazole rings is 1. The van der Waals surface area contributed by atoms with Crippen LogP contribution in [-0.4, -0.2) is 21.8 Å². The van der Waals surface area contributed by atoms with Crippen molar-refractivity contribution in [2.75, 3.05) is 5.32 Å². The molecule has 0 unspecified atom stereocenters. The van der Waals surface area contributed by atoms with Crippen molar-refractivity contribution in [3.63, 3.8) is 0 Å². The monoisotopic (exact) mass is 484 g/mol. The number of nitrogens with one attached hydrogen (secondary N) is 4. The Morgan fingerprint density at radius 1 is 1.03 bits per heavy atom. The van der Waals surface area contributed by atoms with Gasteiger partial charge in [0.05, 0.1) is 10.7 Å². The molecule has 0 bridgehead atoms. The molecule has 0 aliphatic rings. The van der Waals surface area contributed by atoms with Gasteiger partial charge in [0, 0.05) is 33.6 Å². The molecule has 0 atom stereocenters. The molecule has 0 spiro atoms. The molecule has 4 rings (SSSR count). The van der Waals surface area contributed by atoms with Gasteiger partial charge in [-0.05, 0) is 67.6 Å². The van der Waals surface area contributed by atoms with E-state index in [1.165, 1.54) is 0 Å². The third-order valence-corrected chi connectivity index (χ3v) is 5.42. The van der Waals surface area contributed by atoms with E-state index in [0.29, 0.717) is 44.1 Å². The fraction of sp³-hybridized carbons (Fsp3) is 0.0370. The van der Waals surface area contributed by atoms with E-state index in [0.717, 1.165) is 5.56 Å². The minimum Gasteiger partial charge on any atom is -0.338 e. The van der Waals surface area contributed by atoms with Crippen molar-refractivity contribution >= 4 is 41.8 Å². The van der Waals surface area contributed by atoms with Crippen molar-refractivity contribution in [3.05, 3.63) is 112 Å². The van der Waals surface area contributed by atoms with E-state index in [-0.39, 0.29) is 11.8 Å². The number of allylic oxidation sites excluding steroid dienone is 2. The number of benzene rings is 2. The molecular weight excluding hydrogens is 462 g/mol. The Morgan fingerprint density at radius 2 is 1.77 bits per heavy atom. The molecule has 0 radical (unpaired) electrons. The summed E-state index contributed by atoms with van der Waals surface area (Å²) in [4.78, 5) is 35.5. The van der Waals surface area contributed by atoms with Crippen LogP contribution in [0.2, 0.25) is 5.02 Å². The predicted molar refractivity (Wildman–Crippen MR) is 137 cm³/mol. The van der Waals surface area contributed by atoms with Gasteiger partial charge in [0.15, 0.2) is 12.4 Å². The zero-order valence-electron chi connectivity index (χ0n) is 18.9. The minimum atomic E-state index is -0.251. The van der Waals surface area contributed by atoms with Gasteiger partial charge in [-0.1, -0.05) is 24.3 Å². The molecule has 4 N–H and O–H groups in total. The van der Waals surface area contributed by atoms with Crippen molar-refractivity contribution in [2.45, 2.75) is 6.92 Å². The summed E-state index contributed by atoms with van der Waals surface area (Å²) in [7, 11) is 0. The Hall–Kier alpha value is -4.49. The Morgan fingerprint density at radius 3 is 2.43 bits per heavy atom. The molecule has 2 amide bonds. The topological polar surface area (TPSA) is 101 Å². The fourth-order valence-electron chi connectivity index (χ4n) is 3.27. The molecule has 7 nitrogen and oxygen atoms in total. The minimum absolute atomic E-state index is 0.205. The van der Waals surface area contributed by atoms with Crippen molar-refractivity contribution in [3.8, 4) is 11.4 Å². The van der Waals surface area contributed by atoms with E-state index in [1.54, 1.807) is 73.1 Å². The first kappa shape index (κ1) is 23.7. The average molecular weight is 485 g/mol. The first-order valence-corrected chi connectivity index (χ1v) is 11.2. The van der Waals surface area contributed by atoms with Gasteiger partial charge in [-0.25, -0.2) is 9.97 Å². The quantitative estimate of drug-likeness (QED) is 0.391. The number of aromatic nitrogens is 3. The van der Waals surface area contributed by atoms with Crippen LogP contribution in [0.4, 0.5) is 5.69 Å². The van der Waals surface area contributed by atoms with E-state index >= 15 is 0 Å². The van der Waals surface area contributed by atoms with Gasteiger partial charge in [0.2, 0.25) is 0 Å². The molecule has 4 aromatic rings. The van der Waals surface area contributed by atoms with E-state index in [4.69, 9.17) is 11.6 Å². The molecule has 8 heteroatoms. The number of aromatic amines is 2. The SMILES string of the molecule is C=c1[nH]c(-c2ccc(NC(=O)c3ccc[nH+]c3)cc2)n/c1=C/C(=C\C)NC(=O)c1ccc(Cl)cc1. The molecule has 2 aromatic heterocycles. The number of hydrogen-bond donors (Lipinski definition) is 3. The lowest BCUT2D eigenvalue weighted by molar-refractivity contribution is -0.378. The average Bonchev–Trinajstić information content (AvgIpc) is 3.24. The molecule has 0 fully saturated rings. The van der Waals surface area contributed by atoms with Crippen molar-refractivity contribution in [1.29, 1.82) is 0 Å². The fourth-order valence-corrected chi connectivity index (χ4v) is 3.40. The van der Waals surface area contributed by atoms with E-state index in [1.807, 2.05) is 19.1 Å². The van der Waals surface area contributed by atoms with Crippen molar-refractivity contribution in [2.24, 2.45) is 0 Å². The standard InChI is InChI=1S/C27H22ClN5O2/c1-3-22(31-26(34)19-6-10-21(28)11-7-19)15-24-17(2)30-25(33-24)18-8-12-23(13-9-18)32-27(35)20-5-4-14-29-16-20/h3-16H,2H2,1H3,(H,30,33)(H,31,34)(H,32,35)/p+1/b22-3+,24-15+. The third-order valence-electron chi connectivity index (χ3n) is 5.16. The normalized spacial score (nSPS) is 11.8. The van der Waals surface area contributed by atoms with Crippen molar-refractivity contribution < 1.29 is 14.6 Å². The Labute approximate surface area is 206 Å². The summed E-state index contributed by atoms with van der Waals surface area (Å²) in [6, 6.07) is 17.5. The van der Waals surface area contributed by atoms with Crippen LogP contribution >= 0.6 is 11.6 Å². The van der Waals surface area contributed by atoms with Crippen LogP contribution in [0.3, 0.4) is 0 Å². The van der Waals surface area contributed by atoms with Gasteiger partial charge < -0.3 is 15.6 Å². The predicted octanol–water partition coefficient (Wildman–Crippen LogP) is 3.32. The summed E-state index contributed by atoms with van der Waals surface area (Å²) in [6.45, 7) is 5.85. The number of nitrogens with zero attached hydrogens (tertiary/aromatic N) is 1. The largest absolute Gasteiger partial charge is 0.338 e. The number of anilines is 1. The van der Waals surface area contributed by atoms with Crippen LogP contribution in [-0.2, 0) is 0 Å². The number of hydrogen-bond acceptors (Lipinski definition) is 3. The number of amides is 2. The van der Waals surface area contributed by atoms with Crippen LogP contribution in [0.25, 0.3) is 24.0 Å². The van der Waals surface area contributed by atoms with Gasteiger partial charge in [-0.3, -0.25) is 9.59 Å². The van der Waals surface area contributed by atoms with Gasteiger partial charge >= 0.3 is 0 Å². The van der Waals surface area contributed by atoms with Gasteiger partial charge in [-0.15, -0.1) is 0 Å². The van der Waals surface area contributed by atoms with E-state index in [2.05, 4.69) is 32.2 Å². The van der Waals surface area contributed by atoms with Crippen LogP contribution in [0.5, 0.6) is 0 Å². The zero-order valence-corrected chi connectivity index (χ0v) is 19.7. The van der Waals surface area contributed by atoms with Gasteiger partial charge in [0.1, 0.15) is 11.4 Å². The third kappa shape index (κ3) is 5.90. The number of carbonyl (C=O) groups is 2. The summed E-state index contributed by atoms with van der Waals surface area (Å²) in [5.74, 6) is 0.166. The van der Waals surface area contributed by atoms with Gasteiger partial charge in [-0.2, -0.15) is 0 Å². The zero-order chi connectivity index (χ0) is 24.8. The lowest BCUT2D eigenvalue weighted by Gasteiger charge is -2.05. The first-order chi connectivity index (χ1) is 16.9. The Bertz CT molecular complexity index is 1490. The molecule has 2 aromatic carbocycles. The highest BCUT2D eigenvalue weighted by molar-refractivity contribution is 6.30. The number of H-pyrrole nitrogens is 2. The molecule has 0 saturated heterocycles. The first-order valence-electron chi connectivity index (χ1n) is 10.8. The maximum absolute atomic E-state index is 12.5. The smallest absolute Gasteiger partial charge is 0.261 e. The van der Waals surface area contributed by atoms with Crippen LogP contribution in [0, 0.1) is 0 Å². The second kappa shape index (κ2) is 10.6. The molecule has 0 aliphatic carbocycles. The van der Waals surface area contributed by atoms with Gasteiger partial charge in [0.25, 0.3) is 11.8 Å². The maximum Gasteiger partial charge on any atom is 0.261 e. The van der Waals surface area contributed by atoms with Crippen LogP contribution in [0.15, 0.2) is 84.8 Å². The number of halogens is 1. The van der Waals surface area contributed by atoms with Crippen molar-refractivity contribution in [1.82, 2.24) is 15.3 Å². The van der Waals surface area contributed by atoms with E-state index in [9.17, 15) is 9.59 Å². The number of rotatable bonds is 6. The lowest BCUT2D eigenvalue weighted by atomic mass is 10.2. The number of pyridine rings is 1. The lowest BCUT2D eigenvalue weighted by Crippen LogP contribution is -2.27. The molecule has 2 heterocycles. The summed E-state index contributed by atoms with van der Waals surface area (Å²) >= 11 is 5.90. The molecule has 174 valence electrons. The summed E-state index contributed by atoms with van der Waals surface area (Å²) < 4.78 is 0. The molecular formula is C27H23ClN5O2+. The van der Waals surface area contributed by atoms with Crippen LogP contribution < -0.4 is 26.3 Å². The van der Waals surface area contributed by atoms with E-state index < -0.39 is 0 Å². The Balaban J connectivity index is 1.49. The van der Waals surface area contributed by atoms with Crippen LogP contribution in [0.1, 0.15) is 27.6 Å². The summed E-state index contributed by atoms with van der Waals surface area (Å²) in [5, 5.41) is 7.50.